The molecule has 1 aliphatic heterocycles. The molecule has 0 aromatic carbocycles. The molecule has 0 radical (unpaired) electrons. The molecule has 1 aromatic heterocycles. The highest BCUT2D eigenvalue weighted by molar-refractivity contribution is 7.84. The van der Waals surface area contributed by atoms with Gasteiger partial charge in [-0.2, -0.15) is 15.0 Å². The maximum atomic E-state index is 11.0. The summed E-state index contributed by atoms with van der Waals surface area (Å²) < 4.78 is 11.0. The van der Waals surface area contributed by atoms with Crippen LogP contribution in [0.3, 0.4) is 0 Å². The highest BCUT2D eigenvalue weighted by Gasteiger charge is 2.15. The van der Waals surface area contributed by atoms with Gasteiger partial charge in [0.25, 0.3) is 0 Å². The summed E-state index contributed by atoms with van der Waals surface area (Å²) in [6.07, 6.45) is 6.20. The van der Waals surface area contributed by atoms with Crippen LogP contribution in [0.1, 0.15) is 25.7 Å². The zero-order valence-electron chi connectivity index (χ0n) is 12.8. The standard InChI is InChI=1S/C13H24N6OS/c1-14-11-16-12(15-7-6-10-21(2)20)18-13(17-11)19-8-4-3-5-9-19/h3-10H2,1-2H3,(H2,14,15,16,17,18). The average Bonchev–Trinajstić information content (AvgIpc) is 2.52. The third kappa shape index (κ3) is 5.11. The van der Waals surface area contributed by atoms with Gasteiger partial charge in [0, 0.05) is 49.5 Å². The third-order valence-corrected chi connectivity index (χ3v) is 4.24. The fourth-order valence-electron chi connectivity index (χ4n) is 2.27. The predicted molar refractivity (Wildman–Crippen MR) is 87.5 cm³/mol. The summed E-state index contributed by atoms with van der Waals surface area (Å²) >= 11 is 0. The van der Waals surface area contributed by atoms with E-state index in [-0.39, 0.29) is 0 Å². The van der Waals surface area contributed by atoms with Crippen LogP contribution >= 0.6 is 0 Å². The van der Waals surface area contributed by atoms with Gasteiger partial charge in [0.15, 0.2) is 0 Å². The van der Waals surface area contributed by atoms with Gasteiger partial charge in [-0.3, -0.25) is 4.21 Å². The second-order valence-electron chi connectivity index (χ2n) is 5.14. The normalized spacial score (nSPS) is 16.6. The van der Waals surface area contributed by atoms with Crippen molar-refractivity contribution in [2.24, 2.45) is 0 Å². The van der Waals surface area contributed by atoms with E-state index in [1.807, 2.05) is 0 Å². The van der Waals surface area contributed by atoms with Crippen molar-refractivity contribution in [1.82, 2.24) is 15.0 Å². The van der Waals surface area contributed by atoms with E-state index in [0.29, 0.717) is 24.2 Å². The molecule has 1 saturated heterocycles. The Morgan fingerprint density at radius 2 is 1.86 bits per heavy atom. The predicted octanol–water partition coefficient (Wildman–Crippen LogP) is 1.08. The van der Waals surface area contributed by atoms with Crippen molar-refractivity contribution >= 4 is 28.6 Å². The summed E-state index contributed by atoms with van der Waals surface area (Å²) in [5, 5.41) is 6.17. The molecule has 118 valence electrons. The van der Waals surface area contributed by atoms with Crippen molar-refractivity contribution in [3.63, 3.8) is 0 Å². The first-order valence-corrected chi connectivity index (χ1v) is 9.14. The zero-order valence-corrected chi connectivity index (χ0v) is 13.6. The van der Waals surface area contributed by atoms with E-state index in [9.17, 15) is 4.21 Å². The molecule has 2 rings (SSSR count). The summed E-state index contributed by atoms with van der Waals surface area (Å²) in [5.74, 6) is 2.58. The minimum Gasteiger partial charge on any atom is -0.357 e. The largest absolute Gasteiger partial charge is 0.357 e. The van der Waals surface area contributed by atoms with Gasteiger partial charge in [-0.15, -0.1) is 0 Å². The Morgan fingerprint density at radius 1 is 1.14 bits per heavy atom. The van der Waals surface area contributed by atoms with E-state index in [0.717, 1.165) is 25.5 Å². The van der Waals surface area contributed by atoms with Gasteiger partial charge in [0.1, 0.15) is 0 Å². The maximum Gasteiger partial charge on any atom is 0.231 e. The lowest BCUT2D eigenvalue weighted by Gasteiger charge is -2.26. The zero-order chi connectivity index (χ0) is 15.1. The minimum absolute atomic E-state index is 0.576. The Bertz CT molecular complexity index is 478. The van der Waals surface area contributed by atoms with Crippen LogP contribution in [-0.2, 0) is 10.8 Å². The number of aromatic nitrogens is 3. The first-order chi connectivity index (χ1) is 10.2. The molecule has 2 heterocycles. The first-order valence-electron chi connectivity index (χ1n) is 7.41. The van der Waals surface area contributed by atoms with Gasteiger partial charge < -0.3 is 15.5 Å². The minimum atomic E-state index is -0.751. The van der Waals surface area contributed by atoms with E-state index in [2.05, 4.69) is 30.5 Å². The molecule has 1 fully saturated rings. The van der Waals surface area contributed by atoms with Crippen LogP contribution < -0.4 is 15.5 Å². The SMILES string of the molecule is CNc1nc(NCCCS(C)=O)nc(N2CCCCC2)n1. The van der Waals surface area contributed by atoms with E-state index >= 15 is 0 Å². The van der Waals surface area contributed by atoms with E-state index < -0.39 is 10.8 Å². The van der Waals surface area contributed by atoms with Crippen LogP contribution in [0.15, 0.2) is 0 Å². The van der Waals surface area contributed by atoms with Crippen molar-refractivity contribution in [3.05, 3.63) is 0 Å². The van der Waals surface area contributed by atoms with Crippen LogP contribution in [0.5, 0.6) is 0 Å². The van der Waals surface area contributed by atoms with Gasteiger partial charge in [0.05, 0.1) is 0 Å². The average molecular weight is 312 g/mol. The first kappa shape index (κ1) is 15.9. The molecule has 1 unspecified atom stereocenters. The molecular weight excluding hydrogens is 288 g/mol. The summed E-state index contributed by atoms with van der Waals surface area (Å²) in [7, 11) is 1.05. The molecule has 7 nitrogen and oxygen atoms in total. The Kier molecular flexibility index (Phi) is 6.16. The number of hydrogen-bond donors (Lipinski definition) is 2. The van der Waals surface area contributed by atoms with Gasteiger partial charge in [-0.25, -0.2) is 0 Å². The Balaban J connectivity index is 2.00. The summed E-state index contributed by atoms with van der Waals surface area (Å²) in [4.78, 5) is 15.5. The van der Waals surface area contributed by atoms with Crippen LogP contribution in [0.2, 0.25) is 0 Å². The van der Waals surface area contributed by atoms with Gasteiger partial charge in [-0.1, -0.05) is 0 Å². The highest BCUT2D eigenvalue weighted by atomic mass is 32.2. The number of anilines is 3. The molecule has 1 aromatic rings. The Morgan fingerprint density at radius 3 is 2.52 bits per heavy atom. The Labute approximate surface area is 128 Å². The molecule has 0 aliphatic carbocycles. The van der Waals surface area contributed by atoms with E-state index in [1.54, 1.807) is 13.3 Å². The third-order valence-electron chi connectivity index (χ3n) is 3.38. The number of piperidine rings is 1. The van der Waals surface area contributed by atoms with Crippen LogP contribution in [-0.4, -0.2) is 57.9 Å². The number of nitrogens with zero attached hydrogens (tertiary/aromatic N) is 4. The van der Waals surface area contributed by atoms with Crippen molar-refractivity contribution in [2.45, 2.75) is 25.7 Å². The lowest BCUT2D eigenvalue weighted by atomic mass is 10.1. The topological polar surface area (TPSA) is 83.0 Å². The Hall–Kier alpha value is -1.44. The lowest BCUT2D eigenvalue weighted by Crippen LogP contribution is -2.31. The molecule has 21 heavy (non-hydrogen) atoms. The molecule has 0 spiro atoms. The summed E-state index contributed by atoms with van der Waals surface area (Å²) in [6, 6.07) is 0. The molecule has 0 saturated carbocycles. The number of rotatable bonds is 7. The second-order valence-corrected chi connectivity index (χ2v) is 6.69. The van der Waals surface area contributed by atoms with Crippen molar-refractivity contribution in [2.75, 3.05) is 54.2 Å². The smallest absolute Gasteiger partial charge is 0.231 e. The van der Waals surface area contributed by atoms with Gasteiger partial charge in [-0.05, 0) is 25.7 Å². The van der Waals surface area contributed by atoms with E-state index in [1.165, 1.54) is 19.3 Å². The molecule has 8 heteroatoms. The summed E-state index contributed by atoms with van der Waals surface area (Å²) in [6.45, 7) is 2.72. The molecule has 0 bridgehead atoms. The van der Waals surface area contributed by atoms with Crippen molar-refractivity contribution in [3.8, 4) is 0 Å². The second kappa shape index (κ2) is 8.11. The fourth-order valence-corrected chi connectivity index (χ4v) is 2.82. The van der Waals surface area contributed by atoms with Crippen LogP contribution in [0, 0.1) is 0 Å². The fraction of sp³-hybridized carbons (Fsp3) is 0.769. The van der Waals surface area contributed by atoms with Crippen LogP contribution in [0.25, 0.3) is 0 Å². The molecule has 1 atom stereocenters. The number of hydrogen-bond acceptors (Lipinski definition) is 7. The van der Waals surface area contributed by atoms with Crippen molar-refractivity contribution in [1.29, 1.82) is 0 Å². The monoisotopic (exact) mass is 312 g/mol. The molecule has 1 aliphatic rings. The quantitative estimate of drug-likeness (QED) is 0.729. The summed E-state index contributed by atoms with van der Waals surface area (Å²) in [5.41, 5.74) is 0. The van der Waals surface area contributed by atoms with Crippen LogP contribution in [0.4, 0.5) is 17.8 Å². The highest BCUT2D eigenvalue weighted by Crippen LogP contribution is 2.18. The van der Waals surface area contributed by atoms with Gasteiger partial charge in [0.2, 0.25) is 17.8 Å². The molecular formula is C13H24N6OS. The van der Waals surface area contributed by atoms with Gasteiger partial charge >= 0.3 is 0 Å². The van der Waals surface area contributed by atoms with E-state index in [4.69, 9.17) is 0 Å². The molecule has 0 amide bonds. The lowest BCUT2D eigenvalue weighted by molar-refractivity contribution is 0.568. The number of nitrogens with one attached hydrogen (secondary N) is 2. The molecule has 2 N–H and O–H groups in total. The van der Waals surface area contributed by atoms with Crippen molar-refractivity contribution < 1.29 is 4.21 Å². The maximum absolute atomic E-state index is 11.0.